The van der Waals surface area contributed by atoms with Crippen molar-refractivity contribution in [3.05, 3.63) is 35.4 Å². The predicted octanol–water partition coefficient (Wildman–Crippen LogP) is 3.23. The lowest BCUT2D eigenvalue weighted by Crippen LogP contribution is -2.23. The molecule has 2 N–H and O–H groups in total. The van der Waals surface area contributed by atoms with Gasteiger partial charge in [-0.05, 0) is 63.1 Å². The van der Waals surface area contributed by atoms with Crippen LogP contribution in [0, 0.1) is 0 Å². The highest BCUT2D eigenvalue weighted by Crippen LogP contribution is 2.29. The zero-order chi connectivity index (χ0) is 14.8. The predicted molar refractivity (Wildman–Crippen MR) is 75.8 cm³/mol. The van der Waals surface area contributed by atoms with E-state index >= 15 is 0 Å². The van der Waals surface area contributed by atoms with E-state index in [1.54, 1.807) is 12.1 Å². The average molecular weight is 288 g/mol. The molecule has 0 fully saturated rings. The van der Waals surface area contributed by atoms with E-state index in [9.17, 15) is 13.2 Å². The van der Waals surface area contributed by atoms with Crippen LogP contribution in [0.1, 0.15) is 30.9 Å². The lowest BCUT2D eigenvalue weighted by Gasteiger charge is -2.08. The van der Waals surface area contributed by atoms with Gasteiger partial charge in [0.15, 0.2) is 0 Å². The molecule has 0 aromatic heterocycles. The first-order valence-electron chi connectivity index (χ1n) is 7.11. The first-order chi connectivity index (χ1) is 9.54. The van der Waals surface area contributed by atoms with Gasteiger partial charge in [0.1, 0.15) is 0 Å². The number of benzene rings is 1. The number of hydrogen-bond donors (Lipinski definition) is 2. The normalized spacial score (nSPS) is 11.8. The maximum atomic E-state index is 12.4. The SMILES string of the molecule is CCCNCCCNCCc1ccc(C(F)(F)F)cc1. The third-order valence-corrected chi connectivity index (χ3v) is 3.01. The molecule has 0 aliphatic carbocycles. The Morgan fingerprint density at radius 2 is 1.50 bits per heavy atom. The summed E-state index contributed by atoms with van der Waals surface area (Å²) in [6.07, 6.45) is -1.29. The van der Waals surface area contributed by atoms with Crippen LogP contribution in [0.25, 0.3) is 0 Å². The van der Waals surface area contributed by atoms with E-state index in [2.05, 4.69) is 17.6 Å². The van der Waals surface area contributed by atoms with E-state index in [0.29, 0.717) is 0 Å². The molecule has 20 heavy (non-hydrogen) atoms. The molecule has 0 aliphatic heterocycles. The number of nitrogens with one attached hydrogen (secondary N) is 2. The highest BCUT2D eigenvalue weighted by molar-refractivity contribution is 5.24. The van der Waals surface area contributed by atoms with Gasteiger partial charge in [-0.15, -0.1) is 0 Å². The second-order valence-electron chi connectivity index (χ2n) is 4.80. The summed E-state index contributed by atoms with van der Waals surface area (Å²) >= 11 is 0. The van der Waals surface area contributed by atoms with Crippen LogP contribution in [-0.2, 0) is 12.6 Å². The molecule has 0 unspecified atom stereocenters. The molecule has 114 valence electrons. The van der Waals surface area contributed by atoms with Gasteiger partial charge in [0.2, 0.25) is 0 Å². The topological polar surface area (TPSA) is 24.1 Å². The highest BCUT2D eigenvalue weighted by Gasteiger charge is 2.29. The second kappa shape index (κ2) is 8.97. The highest BCUT2D eigenvalue weighted by atomic mass is 19.4. The van der Waals surface area contributed by atoms with Gasteiger partial charge in [-0.2, -0.15) is 13.2 Å². The Hall–Kier alpha value is -1.07. The Labute approximate surface area is 118 Å². The van der Waals surface area contributed by atoms with Gasteiger partial charge in [-0.1, -0.05) is 19.1 Å². The van der Waals surface area contributed by atoms with Crippen molar-refractivity contribution < 1.29 is 13.2 Å². The summed E-state index contributed by atoms with van der Waals surface area (Å²) < 4.78 is 37.1. The van der Waals surface area contributed by atoms with E-state index in [4.69, 9.17) is 0 Å². The molecule has 0 heterocycles. The number of halogens is 3. The van der Waals surface area contributed by atoms with E-state index in [1.165, 1.54) is 0 Å². The number of rotatable bonds is 9. The molecule has 5 heteroatoms. The van der Waals surface area contributed by atoms with E-state index < -0.39 is 11.7 Å². The number of alkyl halides is 3. The van der Waals surface area contributed by atoms with Crippen LogP contribution >= 0.6 is 0 Å². The fourth-order valence-corrected chi connectivity index (χ4v) is 1.86. The summed E-state index contributed by atoms with van der Waals surface area (Å²) in [4.78, 5) is 0. The first-order valence-corrected chi connectivity index (χ1v) is 7.11. The van der Waals surface area contributed by atoms with Crippen molar-refractivity contribution in [3.8, 4) is 0 Å². The van der Waals surface area contributed by atoms with Crippen molar-refractivity contribution in [3.63, 3.8) is 0 Å². The lowest BCUT2D eigenvalue weighted by molar-refractivity contribution is -0.137. The minimum atomic E-state index is -4.25. The fourth-order valence-electron chi connectivity index (χ4n) is 1.86. The minimum absolute atomic E-state index is 0.587. The Morgan fingerprint density at radius 1 is 0.900 bits per heavy atom. The van der Waals surface area contributed by atoms with Gasteiger partial charge in [-0.25, -0.2) is 0 Å². The van der Waals surface area contributed by atoms with Crippen LogP contribution in [0.2, 0.25) is 0 Å². The van der Waals surface area contributed by atoms with Crippen LogP contribution in [0.3, 0.4) is 0 Å². The molecule has 0 atom stereocenters. The third kappa shape index (κ3) is 6.91. The van der Waals surface area contributed by atoms with Gasteiger partial charge in [-0.3, -0.25) is 0 Å². The second-order valence-corrected chi connectivity index (χ2v) is 4.80. The van der Waals surface area contributed by atoms with Crippen molar-refractivity contribution in [1.82, 2.24) is 10.6 Å². The molecule has 0 spiro atoms. The van der Waals surface area contributed by atoms with Crippen molar-refractivity contribution >= 4 is 0 Å². The van der Waals surface area contributed by atoms with Crippen LogP contribution in [0.15, 0.2) is 24.3 Å². The smallest absolute Gasteiger partial charge is 0.317 e. The third-order valence-electron chi connectivity index (χ3n) is 3.01. The van der Waals surface area contributed by atoms with Crippen molar-refractivity contribution in [2.45, 2.75) is 32.4 Å². The summed E-state index contributed by atoms with van der Waals surface area (Å²) in [5.74, 6) is 0. The average Bonchev–Trinajstić information content (AvgIpc) is 2.41. The molecule has 1 aromatic rings. The van der Waals surface area contributed by atoms with E-state index in [-0.39, 0.29) is 0 Å². The summed E-state index contributed by atoms with van der Waals surface area (Å²) in [7, 11) is 0. The molecule has 0 radical (unpaired) electrons. The van der Waals surface area contributed by atoms with Gasteiger partial charge in [0.25, 0.3) is 0 Å². The maximum absolute atomic E-state index is 12.4. The molecule has 0 saturated carbocycles. The monoisotopic (exact) mass is 288 g/mol. The zero-order valence-corrected chi connectivity index (χ0v) is 11.9. The molecular weight excluding hydrogens is 265 g/mol. The standard InChI is InChI=1S/C15H23F3N2/c1-2-9-19-10-3-11-20-12-8-13-4-6-14(7-5-13)15(16,17)18/h4-7,19-20H,2-3,8-12H2,1H3. The van der Waals surface area contributed by atoms with E-state index in [1.807, 2.05) is 0 Å². The number of hydrogen-bond acceptors (Lipinski definition) is 2. The molecule has 0 saturated heterocycles. The molecular formula is C15H23F3N2. The lowest BCUT2D eigenvalue weighted by atomic mass is 10.1. The van der Waals surface area contributed by atoms with Gasteiger partial charge in [0, 0.05) is 0 Å². The van der Waals surface area contributed by atoms with Gasteiger partial charge < -0.3 is 10.6 Å². The molecule has 0 aliphatic rings. The molecule has 0 amide bonds. The molecule has 0 bridgehead atoms. The van der Waals surface area contributed by atoms with Crippen LogP contribution < -0.4 is 10.6 Å². The van der Waals surface area contributed by atoms with Gasteiger partial charge in [0.05, 0.1) is 5.56 Å². The summed E-state index contributed by atoms with van der Waals surface area (Å²) in [6.45, 7) is 5.90. The molecule has 1 rings (SSSR count). The Balaban J connectivity index is 2.13. The summed E-state index contributed by atoms with van der Waals surface area (Å²) in [5.41, 5.74) is 0.339. The first kappa shape index (κ1) is 17.0. The maximum Gasteiger partial charge on any atom is 0.416 e. The van der Waals surface area contributed by atoms with E-state index in [0.717, 1.165) is 63.1 Å². The Morgan fingerprint density at radius 3 is 2.05 bits per heavy atom. The summed E-state index contributed by atoms with van der Waals surface area (Å²) in [6, 6.07) is 5.38. The molecule has 1 aromatic carbocycles. The largest absolute Gasteiger partial charge is 0.416 e. The van der Waals surface area contributed by atoms with Crippen molar-refractivity contribution in [1.29, 1.82) is 0 Å². The van der Waals surface area contributed by atoms with Crippen LogP contribution in [0.5, 0.6) is 0 Å². The molecule has 2 nitrogen and oxygen atoms in total. The Bertz CT molecular complexity index is 360. The van der Waals surface area contributed by atoms with Gasteiger partial charge >= 0.3 is 6.18 Å². The van der Waals surface area contributed by atoms with Crippen molar-refractivity contribution in [2.24, 2.45) is 0 Å². The summed E-state index contributed by atoms with van der Waals surface area (Å²) in [5, 5.41) is 6.61. The quantitative estimate of drug-likeness (QED) is 0.682. The minimum Gasteiger partial charge on any atom is -0.317 e. The zero-order valence-electron chi connectivity index (χ0n) is 11.9. The fraction of sp³-hybridized carbons (Fsp3) is 0.600. The van der Waals surface area contributed by atoms with Crippen LogP contribution in [0.4, 0.5) is 13.2 Å². The van der Waals surface area contributed by atoms with Crippen LogP contribution in [-0.4, -0.2) is 26.2 Å². The Kier molecular flexibility index (Phi) is 7.62. The van der Waals surface area contributed by atoms with Crippen molar-refractivity contribution in [2.75, 3.05) is 26.2 Å².